The summed E-state index contributed by atoms with van der Waals surface area (Å²) in [6, 6.07) is 6.48. The summed E-state index contributed by atoms with van der Waals surface area (Å²) in [5.41, 5.74) is -0.530. The molecule has 0 aromatic heterocycles. The minimum absolute atomic E-state index is 0.0217. The molecular formula is C32H50N4O7. The van der Waals surface area contributed by atoms with Gasteiger partial charge in [-0.15, -0.1) is 0 Å². The average Bonchev–Trinajstić information content (AvgIpc) is 2.87. The molecule has 1 aliphatic heterocycles. The third kappa shape index (κ3) is 12.3. The minimum atomic E-state index is -1.14. The summed E-state index contributed by atoms with van der Waals surface area (Å²) in [5, 5.41) is 5.44. The van der Waals surface area contributed by atoms with E-state index in [9.17, 15) is 19.2 Å². The molecule has 3 atom stereocenters. The van der Waals surface area contributed by atoms with Crippen LogP contribution in [0.5, 0.6) is 0 Å². The maximum atomic E-state index is 14.1. The third-order valence-corrected chi connectivity index (χ3v) is 6.29. The molecule has 1 saturated heterocycles. The van der Waals surface area contributed by atoms with Crippen molar-refractivity contribution < 1.29 is 33.4 Å². The Balaban J connectivity index is 2.41. The number of nitrogens with zero attached hydrogens (tertiary/aromatic N) is 2. The fourth-order valence-electron chi connectivity index (χ4n) is 4.31. The second-order valence-corrected chi connectivity index (χ2v) is 13.6. The zero-order chi connectivity index (χ0) is 32.5. The van der Waals surface area contributed by atoms with E-state index in [4.69, 9.17) is 14.2 Å². The van der Waals surface area contributed by atoms with Crippen molar-refractivity contribution in [3.8, 4) is 0 Å². The van der Waals surface area contributed by atoms with E-state index < -0.39 is 53.2 Å². The van der Waals surface area contributed by atoms with Crippen LogP contribution in [0.1, 0.15) is 81.2 Å². The quantitative estimate of drug-likeness (QED) is 0.362. The molecular weight excluding hydrogens is 552 g/mol. The Labute approximate surface area is 256 Å². The smallest absolute Gasteiger partial charge is 0.408 e. The van der Waals surface area contributed by atoms with E-state index in [0.717, 1.165) is 5.56 Å². The average molecular weight is 603 g/mol. The molecule has 1 aromatic carbocycles. The number of rotatable bonds is 11. The van der Waals surface area contributed by atoms with Crippen LogP contribution >= 0.6 is 0 Å². The first-order valence-corrected chi connectivity index (χ1v) is 14.9. The highest BCUT2D eigenvalue weighted by Gasteiger charge is 2.40. The Morgan fingerprint density at radius 3 is 2.19 bits per heavy atom. The van der Waals surface area contributed by atoms with Crippen LogP contribution < -0.4 is 10.6 Å². The Bertz CT molecular complexity index is 1140. The second-order valence-electron chi connectivity index (χ2n) is 13.6. The molecule has 3 amide bonds. The van der Waals surface area contributed by atoms with E-state index >= 15 is 0 Å². The monoisotopic (exact) mass is 602 g/mol. The normalized spacial score (nSPS) is 18.3. The number of amides is 3. The number of nitrogens with one attached hydrogen (secondary N) is 2. The van der Waals surface area contributed by atoms with Gasteiger partial charge in [-0.3, -0.25) is 14.6 Å². The fourth-order valence-corrected chi connectivity index (χ4v) is 4.31. The molecule has 11 nitrogen and oxygen atoms in total. The number of hydrogen-bond donors (Lipinski definition) is 2. The first-order valence-electron chi connectivity index (χ1n) is 14.9. The van der Waals surface area contributed by atoms with E-state index in [1.165, 1.54) is 4.90 Å². The molecule has 0 aliphatic carbocycles. The van der Waals surface area contributed by atoms with E-state index in [1.54, 1.807) is 20.8 Å². The Hall–Kier alpha value is -3.47. The summed E-state index contributed by atoms with van der Waals surface area (Å²) < 4.78 is 16.9. The molecule has 1 unspecified atom stereocenters. The number of ether oxygens (including phenoxy) is 3. The van der Waals surface area contributed by atoms with Crippen LogP contribution in [0.3, 0.4) is 0 Å². The van der Waals surface area contributed by atoms with Crippen LogP contribution in [0.4, 0.5) is 4.79 Å². The first kappa shape index (κ1) is 35.7. The highest BCUT2D eigenvalue weighted by atomic mass is 16.6. The van der Waals surface area contributed by atoms with Gasteiger partial charge in [-0.1, -0.05) is 58.0 Å². The summed E-state index contributed by atoms with van der Waals surface area (Å²) in [6.07, 6.45) is -0.338. The van der Waals surface area contributed by atoms with Crippen molar-refractivity contribution in [3.63, 3.8) is 0 Å². The van der Waals surface area contributed by atoms with Crippen molar-refractivity contribution in [1.82, 2.24) is 15.5 Å². The van der Waals surface area contributed by atoms with Crippen molar-refractivity contribution in [2.45, 2.75) is 112 Å². The van der Waals surface area contributed by atoms with E-state index in [0.29, 0.717) is 6.42 Å². The molecule has 2 N–H and O–H groups in total. The fraction of sp³-hybridized carbons (Fsp3) is 0.656. The Kier molecular flexibility index (Phi) is 12.7. The van der Waals surface area contributed by atoms with Crippen molar-refractivity contribution in [1.29, 1.82) is 0 Å². The van der Waals surface area contributed by atoms with Gasteiger partial charge in [0.2, 0.25) is 11.8 Å². The largest absolute Gasteiger partial charge is 0.458 e. The van der Waals surface area contributed by atoms with Gasteiger partial charge < -0.3 is 29.7 Å². The number of aliphatic imine (C=N–C) groups is 1. The molecule has 1 fully saturated rings. The van der Waals surface area contributed by atoms with Crippen molar-refractivity contribution in [2.75, 3.05) is 13.2 Å². The van der Waals surface area contributed by atoms with Crippen LogP contribution in [0, 0.1) is 11.8 Å². The summed E-state index contributed by atoms with van der Waals surface area (Å²) in [7, 11) is 0. The van der Waals surface area contributed by atoms with Gasteiger partial charge in [0.05, 0.1) is 18.2 Å². The van der Waals surface area contributed by atoms with Gasteiger partial charge in [0.25, 0.3) is 0 Å². The highest BCUT2D eigenvalue weighted by Crippen LogP contribution is 2.21. The SMILES string of the molecule is CC(C)C[C@H]1C(=N[C@H](C(=O)OC(C)(C)C)C(C)C)NC(=O)CN1C(=O)C(COC(C)(C)C)NC(=O)OCc1ccccc1. The number of carbonyl (C=O) groups excluding carboxylic acids is 4. The lowest BCUT2D eigenvalue weighted by Gasteiger charge is -2.39. The van der Waals surface area contributed by atoms with Gasteiger partial charge in [-0.25, -0.2) is 9.59 Å². The molecule has 0 saturated carbocycles. The number of amidine groups is 1. The van der Waals surface area contributed by atoms with Crippen molar-refractivity contribution in [3.05, 3.63) is 35.9 Å². The first-order chi connectivity index (χ1) is 19.9. The molecule has 1 aliphatic rings. The molecule has 0 spiro atoms. The van der Waals surface area contributed by atoms with E-state index in [2.05, 4.69) is 15.6 Å². The van der Waals surface area contributed by atoms with Gasteiger partial charge in [-0.05, 0) is 65.4 Å². The van der Waals surface area contributed by atoms with Gasteiger partial charge in [0.15, 0.2) is 6.04 Å². The van der Waals surface area contributed by atoms with Gasteiger partial charge in [0, 0.05) is 0 Å². The predicted molar refractivity (Wildman–Crippen MR) is 164 cm³/mol. The summed E-state index contributed by atoms with van der Waals surface area (Å²) in [5.74, 6) is -1.42. The topological polar surface area (TPSA) is 136 Å². The van der Waals surface area contributed by atoms with E-state index in [1.807, 2.05) is 78.8 Å². The molecule has 0 radical (unpaired) electrons. The summed E-state index contributed by atoms with van der Waals surface area (Å²) >= 11 is 0. The van der Waals surface area contributed by atoms with Crippen LogP contribution in [0.2, 0.25) is 0 Å². The predicted octanol–water partition coefficient (Wildman–Crippen LogP) is 4.23. The number of benzene rings is 1. The second kappa shape index (κ2) is 15.3. The summed E-state index contributed by atoms with van der Waals surface area (Å²) in [6.45, 7) is 18.1. The molecule has 2 rings (SSSR count). The lowest BCUT2D eigenvalue weighted by atomic mass is 9.97. The zero-order valence-corrected chi connectivity index (χ0v) is 27.4. The zero-order valence-electron chi connectivity index (χ0n) is 27.4. The number of alkyl carbamates (subject to hydrolysis) is 1. The van der Waals surface area contributed by atoms with Crippen molar-refractivity contribution >= 4 is 29.7 Å². The number of piperazine rings is 1. The molecule has 1 heterocycles. The Morgan fingerprint density at radius 2 is 1.65 bits per heavy atom. The van der Waals surface area contributed by atoms with Gasteiger partial charge in [-0.2, -0.15) is 0 Å². The maximum absolute atomic E-state index is 14.1. The van der Waals surface area contributed by atoms with Crippen LogP contribution in [-0.2, 0) is 35.2 Å². The molecule has 11 heteroatoms. The molecule has 43 heavy (non-hydrogen) atoms. The third-order valence-electron chi connectivity index (χ3n) is 6.29. The number of carbonyl (C=O) groups is 4. The van der Waals surface area contributed by atoms with Gasteiger partial charge >= 0.3 is 12.1 Å². The molecule has 240 valence electrons. The van der Waals surface area contributed by atoms with Crippen LogP contribution in [0.25, 0.3) is 0 Å². The lowest BCUT2D eigenvalue weighted by molar-refractivity contribution is -0.157. The van der Waals surface area contributed by atoms with Crippen molar-refractivity contribution in [2.24, 2.45) is 16.8 Å². The highest BCUT2D eigenvalue weighted by molar-refractivity contribution is 6.08. The van der Waals surface area contributed by atoms with Gasteiger partial charge in [0.1, 0.15) is 30.6 Å². The molecule has 1 aromatic rings. The maximum Gasteiger partial charge on any atom is 0.408 e. The molecule has 0 bridgehead atoms. The number of hydrogen-bond acceptors (Lipinski definition) is 8. The number of esters is 1. The Morgan fingerprint density at radius 1 is 1.02 bits per heavy atom. The lowest BCUT2D eigenvalue weighted by Crippen LogP contribution is -2.64. The minimum Gasteiger partial charge on any atom is -0.458 e. The van der Waals surface area contributed by atoms with Crippen LogP contribution in [-0.4, -0.2) is 77.1 Å². The summed E-state index contributed by atoms with van der Waals surface area (Å²) in [4.78, 5) is 59.0. The van der Waals surface area contributed by atoms with Crippen LogP contribution in [0.15, 0.2) is 35.3 Å². The van der Waals surface area contributed by atoms with E-state index in [-0.39, 0.29) is 37.4 Å². The standard InChI is InChI=1S/C32H50N4O7/c1-20(2)16-24-27(35-26(21(3)4)29(39)43-32(8,9)10)34-25(37)17-36(24)28(38)23(19-42-31(5,6)7)33-30(40)41-18-22-14-12-11-13-15-22/h11-15,20-21,23-24,26H,16-19H2,1-10H3,(H,33,40)(H,34,35,37)/t23?,24-,26-/m0/s1.